The Hall–Kier alpha value is -2.18. The van der Waals surface area contributed by atoms with E-state index in [1.165, 1.54) is 12.1 Å². The highest BCUT2D eigenvalue weighted by Gasteiger charge is 2.48. The van der Waals surface area contributed by atoms with E-state index in [1.807, 2.05) is 0 Å². The Bertz CT molecular complexity index is 468. The van der Waals surface area contributed by atoms with Gasteiger partial charge in [0, 0.05) is 6.20 Å². The van der Waals surface area contributed by atoms with Crippen LogP contribution < -0.4 is 0 Å². The lowest BCUT2D eigenvalue weighted by molar-refractivity contribution is -0.0267. The maximum absolute atomic E-state index is 14.1. The van der Waals surface area contributed by atoms with Crippen LogP contribution in [0.3, 0.4) is 0 Å². The lowest BCUT2D eigenvalue weighted by Gasteiger charge is -2.42. The van der Waals surface area contributed by atoms with Gasteiger partial charge in [0.2, 0.25) is 0 Å². The van der Waals surface area contributed by atoms with Gasteiger partial charge >= 0.3 is 12.1 Å². The Balaban J connectivity index is 2.14. The summed E-state index contributed by atoms with van der Waals surface area (Å²) < 4.78 is 14.1. The Labute approximate surface area is 95.3 Å². The van der Waals surface area contributed by atoms with Gasteiger partial charge in [-0.15, -0.1) is 0 Å². The first-order valence-electron chi connectivity index (χ1n) is 4.79. The van der Waals surface area contributed by atoms with Crippen molar-refractivity contribution < 1.29 is 24.2 Å². The molecule has 90 valence electrons. The van der Waals surface area contributed by atoms with Gasteiger partial charge in [0.05, 0.1) is 24.3 Å². The molecule has 0 saturated carbocycles. The Morgan fingerprint density at radius 2 is 2.00 bits per heavy atom. The molecule has 1 saturated heterocycles. The van der Waals surface area contributed by atoms with Crippen LogP contribution in [0.4, 0.5) is 9.18 Å². The quantitative estimate of drug-likeness (QED) is 0.802. The molecule has 1 aromatic rings. The van der Waals surface area contributed by atoms with Gasteiger partial charge in [0.1, 0.15) is 0 Å². The summed E-state index contributed by atoms with van der Waals surface area (Å²) in [5, 5.41) is 17.2. The van der Waals surface area contributed by atoms with Gasteiger partial charge < -0.3 is 15.1 Å². The molecule has 0 radical (unpaired) electrons. The van der Waals surface area contributed by atoms with Crippen molar-refractivity contribution in [3.63, 3.8) is 0 Å². The number of carbonyl (C=O) groups is 2. The molecule has 1 aliphatic heterocycles. The molecule has 6 nitrogen and oxygen atoms in total. The number of rotatable bonds is 2. The van der Waals surface area contributed by atoms with Crippen molar-refractivity contribution in [3.05, 3.63) is 29.6 Å². The zero-order valence-electron chi connectivity index (χ0n) is 8.63. The van der Waals surface area contributed by atoms with E-state index >= 15 is 0 Å². The van der Waals surface area contributed by atoms with Crippen LogP contribution in [0.5, 0.6) is 0 Å². The average molecular weight is 240 g/mol. The van der Waals surface area contributed by atoms with Gasteiger partial charge in [-0.2, -0.15) is 0 Å². The van der Waals surface area contributed by atoms with Gasteiger partial charge in [0.25, 0.3) is 0 Å². The SMILES string of the molecule is O=C(O)c1ccc(C2(F)CN(C(=O)O)C2)nc1. The van der Waals surface area contributed by atoms with Crippen molar-refractivity contribution in [3.8, 4) is 0 Å². The third-order valence-corrected chi connectivity index (χ3v) is 2.62. The number of nitrogens with zero attached hydrogens (tertiary/aromatic N) is 2. The van der Waals surface area contributed by atoms with Gasteiger partial charge in [-0.05, 0) is 12.1 Å². The van der Waals surface area contributed by atoms with E-state index in [0.29, 0.717) is 0 Å². The van der Waals surface area contributed by atoms with Crippen molar-refractivity contribution in [2.24, 2.45) is 0 Å². The first kappa shape index (κ1) is 11.3. The number of amides is 1. The molecule has 0 aromatic carbocycles. The fourth-order valence-electron chi connectivity index (χ4n) is 1.64. The van der Waals surface area contributed by atoms with Crippen molar-refractivity contribution in [2.45, 2.75) is 5.67 Å². The summed E-state index contributed by atoms with van der Waals surface area (Å²) in [5.41, 5.74) is -1.79. The molecule has 2 N–H and O–H groups in total. The third kappa shape index (κ3) is 1.91. The molecule has 0 atom stereocenters. The fraction of sp³-hybridized carbons (Fsp3) is 0.300. The average Bonchev–Trinajstić information content (AvgIpc) is 2.24. The highest BCUT2D eigenvalue weighted by molar-refractivity contribution is 5.87. The molecule has 2 rings (SSSR count). The van der Waals surface area contributed by atoms with E-state index in [9.17, 15) is 14.0 Å². The van der Waals surface area contributed by atoms with Crippen LogP contribution >= 0.6 is 0 Å². The van der Waals surface area contributed by atoms with Crippen LogP contribution in [0, 0.1) is 0 Å². The molecule has 17 heavy (non-hydrogen) atoms. The first-order chi connectivity index (χ1) is 7.92. The zero-order valence-corrected chi connectivity index (χ0v) is 8.63. The number of carboxylic acids is 1. The van der Waals surface area contributed by atoms with E-state index < -0.39 is 17.7 Å². The number of alkyl halides is 1. The highest BCUT2D eigenvalue weighted by Crippen LogP contribution is 2.34. The largest absolute Gasteiger partial charge is 0.478 e. The van der Waals surface area contributed by atoms with E-state index in [4.69, 9.17) is 10.2 Å². The van der Waals surface area contributed by atoms with Crippen LogP contribution in [-0.2, 0) is 5.67 Å². The molecule has 1 fully saturated rings. The second-order valence-corrected chi connectivity index (χ2v) is 3.84. The smallest absolute Gasteiger partial charge is 0.407 e. The zero-order chi connectivity index (χ0) is 12.6. The molecule has 0 bridgehead atoms. The Morgan fingerprint density at radius 3 is 2.41 bits per heavy atom. The topological polar surface area (TPSA) is 90.7 Å². The minimum Gasteiger partial charge on any atom is -0.478 e. The summed E-state index contributed by atoms with van der Waals surface area (Å²) in [5.74, 6) is -1.14. The van der Waals surface area contributed by atoms with Crippen LogP contribution in [0.2, 0.25) is 0 Å². The molecular formula is C10H9FN2O4. The number of pyridine rings is 1. The van der Waals surface area contributed by atoms with Crippen LogP contribution in [0.1, 0.15) is 16.1 Å². The van der Waals surface area contributed by atoms with Gasteiger partial charge in [-0.25, -0.2) is 14.0 Å². The van der Waals surface area contributed by atoms with Crippen molar-refractivity contribution in [1.29, 1.82) is 0 Å². The second-order valence-electron chi connectivity index (χ2n) is 3.84. The van der Waals surface area contributed by atoms with Gasteiger partial charge in [-0.1, -0.05) is 0 Å². The van der Waals surface area contributed by atoms with Crippen molar-refractivity contribution in [1.82, 2.24) is 9.88 Å². The first-order valence-corrected chi connectivity index (χ1v) is 4.79. The maximum atomic E-state index is 14.1. The molecule has 1 aliphatic rings. The lowest BCUT2D eigenvalue weighted by Crippen LogP contribution is -2.58. The molecule has 7 heteroatoms. The Kier molecular flexibility index (Phi) is 2.45. The number of hydrogen-bond donors (Lipinski definition) is 2. The normalized spacial score (nSPS) is 17.4. The number of aromatic carboxylic acids is 1. The molecular weight excluding hydrogens is 231 g/mol. The van der Waals surface area contributed by atoms with E-state index in [2.05, 4.69) is 4.98 Å². The molecule has 2 heterocycles. The van der Waals surface area contributed by atoms with Crippen LogP contribution in [0.15, 0.2) is 18.3 Å². The minimum absolute atomic E-state index is 0.0354. The van der Waals surface area contributed by atoms with Crippen LogP contribution in [0.25, 0.3) is 0 Å². The van der Waals surface area contributed by atoms with E-state index in [-0.39, 0.29) is 24.3 Å². The summed E-state index contributed by atoms with van der Waals surface area (Å²) in [6.07, 6.45) is -0.122. The molecule has 1 aromatic heterocycles. The summed E-state index contributed by atoms with van der Waals surface area (Å²) in [4.78, 5) is 25.7. The molecule has 0 spiro atoms. The van der Waals surface area contributed by atoms with E-state index in [0.717, 1.165) is 11.1 Å². The minimum atomic E-state index is -1.81. The van der Waals surface area contributed by atoms with Crippen molar-refractivity contribution >= 4 is 12.1 Å². The highest BCUT2D eigenvalue weighted by atomic mass is 19.1. The number of aromatic nitrogens is 1. The third-order valence-electron chi connectivity index (χ3n) is 2.62. The number of likely N-dealkylation sites (tertiary alicyclic amines) is 1. The maximum Gasteiger partial charge on any atom is 0.407 e. The molecule has 1 amide bonds. The fourth-order valence-corrected chi connectivity index (χ4v) is 1.64. The van der Waals surface area contributed by atoms with E-state index in [1.54, 1.807) is 0 Å². The summed E-state index contributed by atoms with van der Waals surface area (Å²) in [6, 6.07) is 2.51. The predicted molar refractivity (Wildman–Crippen MR) is 53.6 cm³/mol. The summed E-state index contributed by atoms with van der Waals surface area (Å²) in [6.45, 7) is -0.552. The van der Waals surface area contributed by atoms with Gasteiger partial charge in [0.15, 0.2) is 5.67 Å². The predicted octanol–water partition coefficient (Wildman–Crippen LogP) is 0.938. The number of halogens is 1. The second kappa shape index (κ2) is 3.69. The Morgan fingerprint density at radius 1 is 1.35 bits per heavy atom. The summed E-state index contributed by atoms with van der Waals surface area (Å²) >= 11 is 0. The number of hydrogen-bond acceptors (Lipinski definition) is 3. The standard InChI is InChI=1S/C10H9FN2O4/c11-10(4-13(5-10)9(16)17)7-2-1-6(3-12-7)8(14)15/h1-3H,4-5H2,(H,14,15)(H,16,17). The van der Waals surface area contributed by atoms with Gasteiger partial charge in [-0.3, -0.25) is 4.98 Å². The lowest BCUT2D eigenvalue weighted by atomic mass is 9.92. The number of carboxylic acid groups (broad SMARTS) is 2. The molecule has 0 unspecified atom stereocenters. The summed E-state index contributed by atoms with van der Waals surface area (Å²) in [7, 11) is 0. The monoisotopic (exact) mass is 240 g/mol. The van der Waals surface area contributed by atoms with Crippen LogP contribution in [-0.4, -0.2) is 45.2 Å². The van der Waals surface area contributed by atoms with Crippen molar-refractivity contribution in [2.75, 3.05) is 13.1 Å². The molecule has 0 aliphatic carbocycles.